The molecule has 13 nitrogen and oxygen atoms in total. The number of aromatic hydroxyl groups is 2. The van der Waals surface area contributed by atoms with Crippen molar-refractivity contribution in [3.8, 4) is 23.0 Å². The number of aliphatic hydroxyl groups excluding tert-OH is 3. The number of aliphatic hydroxyl groups is 5. The zero-order chi connectivity index (χ0) is 44.3. The second-order valence-electron chi connectivity index (χ2n) is 19.5. The molecule has 2 unspecified atom stereocenters. The van der Waals surface area contributed by atoms with Gasteiger partial charge in [0.1, 0.15) is 23.0 Å². The van der Waals surface area contributed by atoms with Gasteiger partial charge in [0.05, 0.1) is 41.7 Å². The van der Waals surface area contributed by atoms with Crippen molar-refractivity contribution < 1.29 is 59.5 Å². The number of nitrogens with one attached hydrogen (secondary N) is 1. The number of ether oxygens (including phenoxy) is 3. The van der Waals surface area contributed by atoms with Crippen LogP contribution in [0.15, 0.2) is 66.2 Å². The van der Waals surface area contributed by atoms with Gasteiger partial charge in [-0.05, 0) is 142 Å². The standard InChI is InChI=1S/C48H55NO12S/c1-24(5-12-41(55)46(4,57)40-14-16-47(58)33-20-35(52)34-21-36(53)37(54)22-44(34,2)30(33)13-15-45(40,47)3)23-59-43(62)49-25-6-9-29-28(17-25)42(56)61-48(29)31-10-7-26(50)18-38(31)60-39-19-27(51)8-11-32(39)48/h6-11,17-20,24,30,34,36-37,40-41,50-51,53-55,57-58H,5,12-16,21-23H2,1-4H3,(H,49,62)/t24?,30?,34-,36+,37-,40-,41+,44+,45+,46+,47+/m0/s1. The monoisotopic (exact) mass is 869 g/mol. The fourth-order valence-electron chi connectivity index (χ4n) is 12.5. The molecule has 3 aromatic carbocycles. The van der Waals surface area contributed by atoms with Crippen LogP contribution in [-0.2, 0) is 19.9 Å². The highest BCUT2D eigenvalue weighted by atomic mass is 32.1. The first-order valence-electron chi connectivity index (χ1n) is 21.6. The first kappa shape index (κ1) is 42.7. The number of rotatable bonds is 8. The third kappa shape index (κ3) is 6.30. The lowest BCUT2D eigenvalue weighted by molar-refractivity contribution is -0.176. The largest absolute Gasteiger partial charge is 0.508 e. The number of allylic oxidation sites excluding steroid dienone is 1. The van der Waals surface area contributed by atoms with Gasteiger partial charge in [0.2, 0.25) is 0 Å². The van der Waals surface area contributed by atoms with Crippen LogP contribution < -0.4 is 10.1 Å². The predicted molar refractivity (Wildman–Crippen MR) is 230 cm³/mol. The number of ketones is 1. The van der Waals surface area contributed by atoms with Gasteiger partial charge >= 0.3 is 5.97 Å². The molecule has 8 N–H and O–H groups in total. The molecule has 0 amide bonds. The highest BCUT2D eigenvalue weighted by Gasteiger charge is 2.69. The van der Waals surface area contributed by atoms with Crippen molar-refractivity contribution in [3.05, 3.63) is 88.5 Å². The first-order valence-corrected chi connectivity index (χ1v) is 22.0. The van der Waals surface area contributed by atoms with Gasteiger partial charge in [-0.25, -0.2) is 4.79 Å². The summed E-state index contributed by atoms with van der Waals surface area (Å²) in [5.74, 6) is -1.35. The van der Waals surface area contributed by atoms with Crippen LogP contribution >= 0.6 is 12.2 Å². The molecule has 62 heavy (non-hydrogen) atoms. The number of thiocarbonyl (C=S) groups is 1. The summed E-state index contributed by atoms with van der Waals surface area (Å²) in [5, 5.41) is 80.9. The Morgan fingerprint density at radius 1 is 0.935 bits per heavy atom. The number of carbonyl (C=O) groups is 2. The lowest BCUT2D eigenvalue weighted by Crippen LogP contribution is -2.62. The minimum absolute atomic E-state index is 0.0381. The summed E-state index contributed by atoms with van der Waals surface area (Å²) in [7, 11) is 0. The fourth-order valence-corrected chi connectivity index (χ4v) is 12.7. The first-order chi connectivity index (χ1) is 29.2. The van der Waals surface area contributed by atoms with E-state index in [9.17, 15) is 45.3 Å². The third-order valence-corrected chi connectivity index (χ3v) is 16.2. The number of benzene rings is 3. The highest BCUT2D eigenvalue weighted by Crippen LogP contribution is 2.69. The van der Waals surface area contributed by atoms with E-state index in [0.29, 0.717) is 60.1 Å². The van der Waals surface area contributed by atoms with Crippen LogP contribution in [0.3, 0.4) is 0 Å². The van der Waals surface area contributed by atoms with Gasteiger partial charge in [0.15, 0.2) is 11.4 Å². The minimum Gasteiger partial charge on any atom is -0.508 e. The van der Waals surface area contributed by atoms with Crippen molar-refractivity contribution in [1.29, 1.82) is 0 Å². The van der Waals surface area contributed by atoms with Gasteiger partial charge in [-0.2, -0.15) is 0 Å². The molecule has 3 aromatic rings. The Labute approximate surface area is 365 Å². The number of esters is 1. The van der Waals surface area contributed by atoms with Gasteiger partial charge in [0.25, 0.3) is 5.17 Å². The molecule has 0 radical (unpaired) electrons. The molecule has 330 valence electrons. The van der Waals surface area contributed by atoms with Crippen LogP contribution in [0.25, 0.3) is 0 Å². The van der Waals surface area contributed by atoms with Crippen LogP contribution in [-0.4, -0.2) is 88.8 Å². The molecule has 3 saturated carbocycles. The SMILES string of the molecule is CC(CC[C@@H](O)[C@](C)(O)[C@H]1CC[C@@]2(O)C3=CC(=O)[C@@H]4C[C@@H](O)[C@@H](O)C[C@]4(C)C3CC[C@]12C)COC(=S)Nc1ccc2c(c1)C(=O)OC21c2ccc(O)cc2Oc2cc(O)ccc21. The maximum absolute atomic E-state index is 13.6. The maximum Gasteiger partial charge on any atom is 0.340 e. The molecule has 3 fully saturated rings. The summed E-state index contributed by atoms with van der Waals surface area (Å²) in [4.78, 5) is 27.1. The maximum atomic E-state index is 13.6. The summed E-state index contributed by atoms with van der Waals surface area (Å²) in [6.07, 6.45) is 1.84. The van der Waals surface area contributed by atoms with Gasteiger partial charge in [-0.1, -0.05) is 26.8 Å². The number of hydrogen-bond acceptors (Lipinski definition) is 13. The second kappa shape index (κ2) is 14.7. The summed E-state index contributed by atoms with van der Waals surface area (Å²) in [5.41, 5.74) is -2.71. The summed E-state index contributed by atoms with van der Waals surface area (Å²) >= 11 is 5.53. The Hall–Kier alpha value is -4.57. The topological polar surface area (TPSA) is 215 Å². The Bertz CT molecular complexity index is 2350. The Balaban J connectivity index is 0.830. The summed E-state index contributed by atoms with van der Waals surface area (Å²) < 4.78 is 18.1. The molecule has 0 bridgehead atoms. The van der Waals surface area contributed by atoms with Crippen molar-refractivity contribution in [1.82, 2.24) is 0 Å². The molecule has 0 saturated heterocycles. The van der Waals surface area contributed by atoms with E-state index in [1.165, 1.54) is 24.3 Å². The molecule has 2 aliphatic heterocycles. The quantitative estimate of drug-likeness (QED) is 0.0948. The van der Waals surface area contributed by atoms with Gasteiger partial charge in [0, 0.05) is 45.8 Å². The average Bonchev–Trinajstić information content (AvgIpc) is 3.67. The molecule has 1 spiro atoms. The average molecular weight is 870 g/mol. The van der Waals surface area contributed by atoms with E-state index >= 15 is 0 Å². The van der Waals surface area contributed by atoms with Crippen LogP contribution in [0.4, 0.5) is 5.69 Å². The second-order valence-corrected chi connectivity index (χ2v) is 19.9. The normalized spacial score (nSPS) is 33.2. The number of phenols is 2. The smallest absolute Gasteiger partial charge is 0.340 e. The number of phenolic OH excluding ortho intramolecular Hbond substituents is 2. The van der Waals surface area contributed by atoms with E-state index < -0.39 is 63.8 Å². The predicted octanol–water partition coefficient (Wildman–Crippen LogP) is 6.11. The van der Waals surface area contributed by atoms with Gasteiger partial charge in [-0.15, -0.1) is 0 Å². The third-order valence-electron chi connectivity index (χ3n) is 15.9. The van der Waals surface area contributed by atoms with Crippen LogP contribution in [0.2, 0.25) is 0 Å². The van der Waals surface area contributed by atoms with Crippen LogP contribution in [0.5, 0.6) is 23.0 Å². The highest BCUT2D eigenvalue weighted by molar-refractivity contribution is 7.80. The number of anilines is 1. The van der Waals surface area contributed by atoms with E-state index in [-0.39, 0.29) is 77.2 Å². The molecule has 4 aliphatic carbocycles. The van der Waals surface area contributed by atoms with Gasteiger partial charge in [-0.3, -0.25) is 4.79 Å². The van der Waals surface area contributed by atoms with Crippen molar-refractivity contribution in [2.45, 2.75) is 114 Å². The number of carbonyl (C=O) groups excluding carboxylic acids is 2. The van der Waals surface area contributed by atoms with Crippen molar-refractivity contribution in [2.75, 3.05) is 11.9 Å². The number of hydrogen-bond donors (Lipinski definition) is 8. The van der Waals surface area contributed by atoms with Crippen LogP contribution in [0, 0.1) is 34.5 Å². The van der Waals surface area contributed by atoms with Crippen LogP contribution in [0.1, 0.15) is 106 Å². The van der Waals surface area contributed by atoms with E-state index in [1.54, 1.807) is 43.3 Å². The van der Waals surface area contributed by atoms with Gasteiger partial charge < -0.3 is 55.3 Å². The Morgan fingerprint density at radius 2 is 1.60 bits per heavy atom. The molecular formula is C48H55NO12S. The summed E-state index contributed by atoms with van der Waals surface area (Å²) in [6.45, 7) is 7.78. The lowest BCUT2D eigenvalue weighted by Gasteiger charge is -2.60. The molecule has 9 rings (SSSR count). The zero-order valence-electron chi connectivity index (χ0n) is 35.3. The van der Waals surface area contributed by atoms with Crippen molar-refractivity contribution >= 4 is 34.8 Å². The van der Waals surface area contributed by atoms with Crippen molar-refractivity contribution in [3.63, 3.8) is 0 Å². The van der Waals surface area contributed by atoms with E-state index in [2.05, 4.69) is 5.32 Å². The molecule has 11 atom stereocenters. The van der Waals surface area contributed by atoms with E-state index in [1.807, 2.05) is 20.8 Å². The van der Waals surface area contributed by atoms with Crippen molar-refractivity contribution in [2.24, 2.45) is 34.5 Å². The minimum atomic E-state index is -1.55. The molecule has 6 aliphatic rings. The number of fused-ring (bicyclic) bond motifs is 11. The fraction of sp³-hybridized carbons (Fsp3) is 0.521. The zero-order valence-corrected chi connectivity index (χ0v) is 36.1. The molecule has 2 heterocycles. The molecule has 0 aromatic heterocycles. The molecule has 14 heteroatoms. The molecular weight excluding hydrogens is 815 g/mol. The van der Waals surface area contributed by atoms with E-state index in [0.717, 1.165) is 0 Å². The Kier molecular flexibility index (Phi) is 10.2. The summed E-state index contributed by atoms with van der Waals surface area (Å²) in [6, 6.07) is 14.3. The lowest BCUT2D eigenvalue weighted by atomic mass is 9.45. The Morgan fingerprint density at radius 3 is 2.27 bits per heavy atom. The van der Waals surface area contributed by atoms with E-state index in [4.69, 9.17) is 26.4 Å².